The van der Waals surface area contributed by atoms with Crippen LogP contribution in [-0.4, -0.2) is 30.3 Å². The fraction of sp³-hybridized carbons (Fsp3) is 0.263. The van der Waals surface area contributed by atoms with Crippen molar-refractivity contribution in [2.75, 3.05) is 13.3 Å². The van der Waals surface area contributed by atoms with Crippen LogP contribution in [0.1, 0.15) is 18.1 Å². The summed E-state index contributed by atoms with van der Waals surface area (Å²) in [5, 5.41) is 16.1. The van der Waals surface area contributed by atoms with E-state index in [0.29, 0.717) is 27.6 Å². The van der Waals surface area contributed by atoms with E-state index in [1.54, 1.807) is 42.5 Å². The molecule has 0 fully saturated rings. The zero-order valence-corrected chi connectivity index (χ0v) is 15.4. The van der Waals surface area contributed by atoms with Gasteiger partial charge in [-0.25, -0.2) is 0 Å². The maximum absolute atomic E-state index is 12.0. The summed E-state index contributed by atoms with van der Waals surface area (Å²) in [5.41, 5.74) is -0.157. The third kappa shape index (κ3) is 4.50. The van der Waals surface area contributed by atoms with Gasteiger partial charge in [0.1, 0.15) is 5.60 Å². The molecule has 1 unspecified atom stereocenters. The maximum Gasteiger partial charge on any atom is 0.309 e. The van der Waals surface area contributed by atoms with Crippen LogP contribution in [0.15, 0.2) is 42.5 Å². The Bertz CT molecular complexity index is 869. The molecule has 2 aromatic carbocycles. The van der Waals surface area contributed by atoms with Crippen LogP contribution in [0.3, 0.4) is 0 Å². The summed E-state index contributed by atoms with van der Waals surface area (Å²) in [7, 11) is 0. The zero-order valence-electron chi connectivity index (χ0n) is 14.6. The highest BCUT2D eigenvalue weighted by molar-refractivity contribution is 6.35. The molecular weight excluding hydrogens is 372 g/mol. The number of carbonyl (C=O) groups excluding carboxylic acids is 2. The minimum Gasteiger partial charge on any atom is -0.454 e. The molecule has 8 heteroatoms. The van der Waals surface area contributed by atoms with Crippen LogP contribution in [0.5, 0.6) is 11.5 Å². The van der Waals surface area contributed by atoms with Gasteiger partial charge >= 0.3 is 11.8 Å². The fourth-order valence-electron chi connectivity index (χ4n) is 2.56. The molecule has 7 nitrogen and oxygen atoms in total. The van der Waals surface area contributed by atoms with E-state index in [-0.39, 0.29) is 19.9 Å². The Kier molecular flexibility index (Phi) is 5.53. The molecule has 27 heavy (non-hydrogen) atoms. The Labute approximate surface area is 161 Å². The van der Waals surface area contributed by atoms with Gasteiger partial charge in [0, 0.05) is 11.6 Å². The Morgan fingerprint density at radius 3 is 2.59 bits per heavy atom. The van der Waals surface area contributed by atoms with Crippen molar-refractivity contribution < 1.29 is 24.2 Å². The van der Waals surface area contributed by atoms with Crippen molar-refractivity contribution in [3.05, 3.63) is 58.6 Å². The molecule has 0 saturated heterocycles. The Morgan fingerprint density at radius 1 is 1.11 bits per heavy atom. The normalized spacial score (nSPS) is 14.3. The van der Waals surface area contributed by atoms with E-state index in [9.17, 15) is 14.7 Å². The second kappa shape index (κ2) is 7.85. The van der Waals surface area contributed by atoms with Gasteiger partial charge in [-0.2, -0.15) is 0 Å². The standard InChI is InChI=1S/C19H19ClN2O5/c1-19(25,13-6-7-15-16(8-13)27-11-26-15)10-22-18(24)17(23)21-9-12-4-2-3-5-14(12)20/h2-8,25H,9-11H2,1H3,(H,21,23)(H,22,24). The van der Waals surface area contributed by atoms with Gasteiger partial charge in [-0.15, -0.1) is 0 Å². The molecule has 0 aliphatic carbocycles. The SMILES string of the molecule is CC(O)(CNC(=O)C(=O)NCc1ccccc1Cl)c1ccc2c(c1)OCO2. The van der Waals surface area contributed by atoms with Gasteiger partial charge in [-0.1, -0.05) is 35.9 Å². The molecule has 1 atom stereocenters. The van der Waals surface area contributed by atoms with Crippen LogP contribution >= 0.6 is 11.6 Å². The summed E-state index contributed by atoms with van der Waals surface area (Å²) in [6, 6.07) is 12.0. The van der Waals surface area contributed by atoms with Gasteiger partial charge in [0.25, 0.3) is 0 Å². The van der Waals surface area contributed by atoms with Crippen molar-refractivity contribution in [3.8, 4) is 11.5 Å². The van der Waals surface area contributed by atoms with Gasteiger partial charge in [0.2, 0.25) is 6.79 Å². The first-order valence-electron chi connectivity index (χ1n) is 8.29. The predicted molar refractivity (Wildman–Crippen MR) is 98.4 cm³/mol. The van der Waals surface area contributed by atoms with E-state index < -0.39 is 17.4 Å². The highest BCUT2D eigenvalue weighted by Gasteiger charge is 2.27. The number of amides is 2. The van der Waals surface area contributed by atoms with Crippen molar-refractivity contribution in [2.45, 2.75) is 19.1 Å². The molecule has 0 aromatic heterocycles. The zero-order chi connectivity index (χ0) is 19.4. The second-order valence-electron chi connectivity index (χ2n) is 6.30. The van der Waals surface area contributed by atoms with E-state index in [2.05, 4.69) is 10.6 Å². The monoisotopic (exact) mass is 390 g/mol. The topological polar surface area (TPSA) is 96.9 Å². The minimum atomic E-state index is -1.39. The van der Waals surface area contributed by atoms with Crippen LogP contribution in [0.2, 0.25) is 5.02 Å². The molecule has 0 saturated carbocycles. The molecule has 1 heterocycles. The lowest BCUT2D eigenvalue weighted by molar-refractivity contribution is -0.139. The van der Waals surface area contributed by atoms with Crippen molar-refractivity contribution in [2.24, 2.45) is 0 Å². The molecular formula is C19H19ClN2O5. The van der Waals surface area contributed by atoms with Crippen LogP contribution in [0, 0.1) is 0 Å². The first kappa shape index (κ1) is 19.0. The summed E-state index contributed by atoms with van der Waals surface area (Å²) < 4.78 is 10.5. The summed E-state index contributed by atoms with van der Waals surface area (Å²) in [5.74, 6) is -0.534. The third-order valence-corrected chi connectivity index (χ3v) is 4.56. The number of benzene rings is 2. The Morgan fingerprint density at radius 2 is 1.81 bits per heavy atom. The Balaban J connectivity index is 1.54. The van der Waals surface area contributed by atoms with Gasteiger partial charge in [0.15, 0.2) is 11.5 Å². The van der Waals surface area contributed by atoms with Crippen LogP contribution in [0.25, 0.3) is 0 Å². The number of halogens is 1. The van der Waals surface area contributed by atoms with Crippen LogP contribution < -0.4 is 20.1 Å². The van der Waals surface area contributed by atoms with E-state index >= 15 is 0 Å². The second-order valence-corrected chi connectivity index (χ2v) is 6.71. The van der Waals surface area contributed by atoms with Crippen LogP contribution in [0.4, 0.5) is 0 Å². The maximum atomic E-state index is 12.0. The first-order valence-corrected chi connectivity index (χ1v) is 8.66. The van der Waals surface area contributed by atoms with Gasteiger partial charge in [-0.3, -0.25) is 9.59 Å². The van der Waals surface area contributed by atoms with Gasteiger partial charge in [-0.05, 0) is 36.2 Å². The van der Waals surface area contributed by atoms with Crippen molar-refractivity contribution >= 4 is 23.4 Å². The van der Waals surface area contributed by atoms with Crippen molar-refractivity contribution in [1.82, 2.24) is 10.6 Å². The van der Waals surface area contributed by atoms with Crippen LogP contribution in [-0.2, 0) is 21.7 Å². The molecule has 3 rings (SSSR count). The van der Waals surface area contributed by atoms with E-state index in [4.69, 9.17) is 21.1 Å². The molecule has 1 aliphatic rings. The number of ether oxygens (including phenoxy) is 2. The number of nitrogens with one attached hydrogen (secondary N) is 2. The van der Waals surface area contributed by atoms with Crippen molar-refractivity contribution in [3.63, 3.8) is 0 Å². The number of carbonyl (C=O) groups is 2. The van der Waals surface area contributed by atoms with E-state index in [0.717, 1.165) is 0 Å². The summed E-state index contributed by atoms with van der Waals surface area (Å²) in [6.07, 6.45) is 0. The highest BCUT2D eigenvalue weighted by Crippen LogP contribution is 2.35. The lowest BCUT2D eigenvalue weighted by Gasteiger charge is -2.24. The average Bonchev–Trinajstić information content (AvgIpc) is 3.13. The number of aliphatic hydroxyl groups is 1. The Hall–Kier alpha value is -2.77. The largest absolute Gasteiger partial charge is 0.454 e. The molecule has 2 aromatic rings. The summed E-state index contributed by atoms with van der Waals surface area (Å²) in [4.78, 5) is 24.0. The molecule has 1 aliphatic heterocycles. The summed E-state index contributed by atoms with van der Waals surface area (Å²) in [6.45, 7) is 1.64. The molecule has 142 valence electrons. The predicted octanol–water partition coefficient (Wildman–Crippen LogP) is 1.71. The van der Waals surface area contributed by atoms with Crippen molar-refractivity contribution in [1.29, 1.82) is 0 Å². The number of hydrogen-bond donors (Lipinski definition) is 3. The van der Waals surface area contributed by atoms with E-state index in [1.807, 2.05) is 0 Å². The number of rotatable bonds is 5. The first-order chi connectivity index (χ1) is 12.9. The van der Waals surface area contributed by atoms with Gasteiger partial charge < -0.3 is 25.2 Å². The molecule has 0 spiro atoms. The minimum absolute atomic E-state index is 0.128. The van der Waals surface area contributed by atoms with Gasteiger partial charge in [0.05, 0.1) is 6.54 Å². The lowest BCUT2D eigenvalue weighted by Crippen LogP contribution is -2.45. The number of hydrogen-bond acceptors (Lipinski definition) is 5. The highest BCUT2D eigenvalue weighted by atomic mass is 35.5. The van der Waals surface area contributed by atoms with E-state index in [1.165, 1.54) is 6.92 Å². The average molecular weight is 391 g/mol. The molecule has 0 bridgehead atoms. The molecule has 2 amide bonds. The molecule has 0 radical (unpaired) electrons. The fourth-order valence-corrected chi connectivity index (χ4v) is 2.77. The lowest BCUT2D eigenvalue weighted by atomic mass is 9.95. The smallest absolute Gasteiger partial charge is 0.309 e. The quantitative estimate of drug-likeness (QED) is 0.675. The molecule has 3 N–H and O–H groups in total. The summed E-state index contributed by atoms with van der Waals surface area (Å²) >= 11 is 6.01. The number of fused-ring (bicyclic) bond motifs is 1. The third-order valence-electron chi connectivity index (χ3n) is 4.19.